The molecule has 0 amide bonds. The third-order valence-electron chi connectivity index (χ3n) is 6.90. The maximum Gasteiger partial charge on any atom is 0.217 e. The molecule has 0 saturated carbocycles. The summed E-state index contributed by atoms with van der Waals surface area (Å²) in [6.45, 7) is 0.637. The second-order valence-electron chi connectivity index (χ2n) is 9.07. The summed E-state index contributed by atoms with van der Waals surface area (Å²) >= 11 is 3.60. The van der Waals surface area contributed by atoms with Gasteiger partial charge >= 0.3 is 0 Å². The van der Waals surface area contributed by atoms with E-state index in [1.54, 1.807) is 7.11 Å². The molecule has 38 heavy (non-hydrogen) atoms. The second-order valence-corrected chi connectivity index (χ2v) is 9.99. The maximum atomic E-state index is 12.9. The SMILES string of the molecule is C.C.CNCC[C@](O)(c1cccc2ccccc12)[C@@H](c1ccccc1)c1cc2cc(Br)ccc2nc1OC. The van der Waals surface area contributed by atoms with E-state index in [0.29, 0.717) is 18.8 Å². The number of benzene rings is 4. The molecule has 0 spiro atoms. The lowest BCUT2D eigenvalue weighted by molar-refractivity contribution is 0.0118. The molecule has 0 bridgehead atoms. The molecule has 5 aromatic rings. The first-order chi connectivity index (χ1) is 17.5. The number of pyridine rings is 1. The zero-order chi connectivity index (χ0) is 25.1. The summed E-state index contributed by atoms with van der Waals surface area (Å²) in [5, 5.41) is 19.3. The Kier molecular flexibility index (Phi) is 9.66. The minimum Gasteiger partial charge on any atom is -0.481 e. The van der Waals surface area contributed by atoms with E-state index in [0.717, 1.165) is 42.8 Å². The Labute approximate surface area is 234 Å². The smallest absolute Gasteiger partial charge is 0.217 e. The Morgan fingerprint density at radius 3 is 2.34 bits per heavy atom. The first kappa shape index (κ1) is 29.3. The number of hydrogen-bond donors (Lipinski definition) is 2. The van der Waals surface area contributed by atoms with E-state index in [4.69, 9.17) is 9.72 Å². The molecule has 0 aliphatic heterocycles. The first-order valence-electron chi connectivity index (χ1n) is 12.1. The summed E-state index contributed by atoms with van der Waals surface area (Å²) in [4.78, 5) is 4.86. The van der Waals surface area contributed by atoms with Crippen LogP contribution >= 0.6 is 15.9 Å². The molecule has 1 heterocycles. The minimum atomic E-state index is -1.25. The van der Waals surface area contributed by atoms with Crippen LogP contribution in [-0.4, -0.2) is 30.8 Å². The van der Waals surface area contributed by atoms with E-state index in [1.165, 1.54) is 0 Å². The van der Waals surface area contributed by atoms with Gasteiger partial charge in [-0.3, -0.25) is 0 Å². The normalized spacial score (nSPS) is 13.3. The lowest BCUT2D eigenvalue weighted by Crippen LogP contribution is -2.37. The van der Waals surface area contributed by atoms with Crippen LogP contribution in [0.15, 0.2) is 102 Å². The van der Waals surface area contributed by atoms with Gasteiger partial charge in [-0.15, -0.1) is 0 Å². The van der Waals surface area contributed by atoms with Crippen LogP contribution in [0.4, 0.5) is 0 Å². The van der Waals surface area contributed by atoms with Crippen LogP contribution in [0.5, 0.6) is 5.88 Å². The van der Waals surface area contributed by atoms with Crippen molar-refractivity contribution >= 4 is 37.6 Å². The molecule has 2 atom stereocenters. The maximum absolute atomic E-state index is 12.9. The highest BCUT2D eigenvalue weighted by atomic mass is 79.9. The molecule has 0 saturated heterocycles. The zero-order valence-corrected chi connectivity index (χ0v) is 22.0. The largest absolute Gasteiger partial charge is 0.481 e. The number of hydrogen-bond acceptors (Lipinski definition) is 4. The fourth-order valence-electron chi connectivity index (χ4n) is 5.23. The standard InChI is InChI=1S/C31H29BrN2O2.2CH4/c1-33-18-17-31(35,27-14-8-12-21-9-6-7-13-25(21)27)29(22-10-4-3-5-11-22)26-20-23-19-24(32)15-16-28(23)34-30(26)36-2;;/h3-16,19-20,29,33,35H,17-18H2,1-2H3;2*1H4/t29-,31-;;/m0../s1. The fraction of sp³-hybridized carbons (Fsp3) is 0.242. The van der Waals surface area contributed by atoms with Gasteiger partial charge in [0.15, 0.2) is 0 Å². The van der Waals surface area contributed by atoms with E-state index in [2.05, 4.69) is 63.7 Å². The van der Waals surface area contributed by atoms with Gasteiger partial charge in [-0.05, 0) is 66.2 Å². The van der Waals surface area contributed by atoms with Crippen molar-refractivity contribution in [2.45, 2.75) is 32.8 Å². The molecule has 198 valence electrons. The molecule has 0 radical (unpaired) electrons. The Balaban J connectivity index is 0.00000200. The average molecular weight is 574 g/mol. The third-order valence-corrected chi connectivity index (χ3v) is 7.39. The molecule has 1 aromatic heterocycles. The molecular formula is C33H37BrN2O2. The molecule has 0 fully saturated rings. The van der Waals surface area contributed by atoms with Crippen molar-refractivity contribution in [1.29, 1.82) is 0 Å². The van der Waals surface area contributed by atoms with Crippen LogP contribution in [0, 0.1) is 0 Å². The number of rotatable bonds is 8. The van der Waals surface area contributed by atoms with Crippen molar-refractivity contribution in [3.8, 4) is 5.88 Å². The summed E-state index contributed by atoms with van der Waals surface area (Å²) in [5.41, 5.74) is 2.33. The minimum absolute atomic E-state index is 0. The molecular weight excluding hydrogens is 536 g/mol. The van der Waals surface area contributed by atoms with E-state index in [-0.39, 0.29) is 14.9 Å². The van der Waals surface area contributed by atoms with E-state index >= 15 is 0 Å². The number of aromatic nitrogens is 1. The molecule has 0 aliphatic carbocycles. The number of methoxy groups -OCH3 is 1. The highest BCUT2D eigenvalue weighted by Gasteiger charge is 2.42. The van der Waals surface area contributed by atoms with Crippen molar-refractivity contribution in [2.75, 3.05) is 20.7 Å². The molecule has 5 rings (SSSR count). The van der Waals surface area contributed by atoms with Crippen LogP contribution in [0.2, 0.25) is 0 Å². The fourth-order valence-corrected chi connectivity index (χ4v) is 5.61. The summed E-state index contributed by atoms with van der Waals surface area (Å²) in [5.74, 6) is 0.0884. The first-order valence-corrected chi connectivity index (χ1v) is 12.9. The van der Waals surface area contributed by atoms with Crippen molar-refractivity contribution in [3.63, 3.8) is 0 Å². The van der Waals surface area contributed by atoms with Crippen LogP contribution < -0.4 is 10.1 Å². The monoisotopic (exact) mass is 572 g/mol. The molecule has 4 aromatic carbocycles. The number of halogens is 1. The molecule has 4 nitrogen and oxygen atoms in total. The van der Waals surface area contributed by atoms with Crippen molar-refractivity contribution < 1.29 is 9.84 Å². The number of ether oxygens (including phenoxy) is 1. The predicted molar refractivity (Wildman–Crippen MR) is 164 cm³/mol. The van der Waals surface area contributed by atoms with Gasteiger partial charge in [0, 0.05) is 21.3 Å². The van der Waals surface area contributed by atoms with Gasteiger partial charge in [0.25, 0.3) is 0 Å². The topological polar surface area (TPSA) is 54.4 Å². The Morgan fingerprint density at radius 1 is 0.895 bits per heavy atom. The molecule has 0 unspecified atom stereocenters. The van der Waals surface area contributed by atoms with E-state index < -0.39 is 11.5 Å². The van der Waals surface area contributed by atoms with Gasteiger partial charge in [0.05, 0.1) is 12.6 Å². The Hall–Kier alpha value is -3.25. The quantitative estimate of drug-likeness (QED) is 0.197. The lowest BCUT2D eigenvalue weighted by Gasteiger charge is -2.39. The van der Waals surface area contributed by atoms with Gasteiger partial charge in [-0.2, -0.15) is 0 Å². The van der Waals surface area contributed by atoms with E-state index in [9.17, 15) is 5.11 Å². The summed E-state index contributed by atoms with van der Waals surface area (Å²) < 4.78 is 6.84. The summed E-state index contributed by atoms with van der Waals surface area (Å²) in [6, 6.07) is 32.7. The van der Waals surface area contributed by atoms with Gasteiger partial charge in [-0.25, -0.2) is 4.98 Å². The Morgan fingerprint density at radius 2 is 1.61 bits per heavy atom. The molecule has 0 aliphatic rings. The van der Waals surface area contributed by atoms with Gasteiger partial charge < -0.3 is 15.2 Å². The van der Waals surface area contributed by atoms with Crippen LogP contribution in [-0.2, 0) is 5.60 Å². The van der Waals surface area contributed by atoms with Gasteiger partial charge in [0.2, 0.25) is 5.88 Å². The highest BCUT2D eigenvalue weighted by Crippen LogP contribution is 2.48. The Bertz CT molecular complexity index is 1500. The number of fused-ring (bicyclic) bond motifs is 2. The van der Waals surface area contributed by atoms with Crippen LogP contribution in [0.3, 0.4) is 0 Å². The average Bonchev–Trinajstić information content (AvgIpc) is 2.92. The number of aliphatic hydroxyl groups is 1. The highest BCUT2D eigenvalue weighted by molar-refractivity contribution is 9.10. The van der Waals surface area contributed by atoms with Crippen molar-refractivity contribution in [2.24, 2.45) is 0 Å². The van der Waals surface area contributed by atoms with E-state index in [1.807, 2.05) is 61.6 Å². The summed E-state index contributed by atoms with van der Waals surface area (Å²) in [6.07, 6.45) is 0.497. The van der Waals surface area contributed by atoms with Crippen LogP contribution in [0.25, 0.3) is 21.7 Å². The second kappa shape index (κ2) is 12.5. The zero-order valence-electron chi connectivity index (χ0n) is 20.4. The third kappa shape index (κ3) is 5.46. The van der Waals surface area contributed by atoms with Gasteiger partial charge in [-0.1, -0.05) is 104 Å². The molecule has 5 heteroatoms. The lowest BCUT2D eigenvalue weighted by atomic mass is 9.70. The number of nitrogens with one attached hydrogen (secondary N) is 1. The van der Waals surface area contributed by atoms with Gasteiger partial charge in [0.1, 0.15) is 5.60 Å². The molecule has 2 N–H and O–H groups in total. The summed E-state index contributed by atoms with van der Waals surface area (Å²) in [7, 11) is 3.56. The van der Waals surface area contributed by atoms with Crippen molar-refractivity contribution in [3.05, 3.63) is 118 Å². The number of nitrogens with zero attached hydrogens (tertiary/aromatic N) is 1. The predicted octanol–water partition coefficient (Wildman–Crippen LogP) is 8.06. The van der Waals surface area contributed by atoms with Crippen LogP contribution in [0.1, 0.15) is 43.9 Å². The van der Waals surface area contributed by atoms with Crippen molar-refractivity contribution in [1.82, 2.24) is 10.3 Å².